The molecular formula is C16H22ClN3O2. The molecule has 1 heterocycles. The van der Waals surface area contributed by atoms with E-state index < -0.39 is 0 Å². The van der Waals surface area contributed by atoms with Gasteiger partial charge in [0.25, 0.3) is 0 Å². The molecule has 0 atom stereocenters. The maximum Gasteiger partial charge on any atom is 0.223 e. The van der Waals surface area contributed by atoms with Gasteiger partial charge in [-0.05, 0) is 24.7 Å². The minimum Gasteiger partial charge on any atom is -0.352 e. The summed E-state index contributed by atoms with van der Waals surface area (Å²) in [7, 11) is 2.05. The summed E-state index contributed by atoms with van der Waals surface area (Å²) in [6.07, 6.45) is 0.509. The second kappa shape index (κ2) is 8.15. The number of halogens is 1. The first kappa shape index (κ1) is 16.8. The van der Waals surface area contributed by atoms with E-state index in [1.54, 1.807) is 12.1 Å². The average molecular weight is 324 g/mol. The SMILES string of the molecule is CN1CCN(C(=O)CCC(=O)NCc2ccc(Cl)cc2)CC1. The zero-order valence-electron chi connectivity index (χ0n) is 12.8. The summed E-state index contributed by atoms with van der Waals surface area (Å²) >= 11 is 5.81. The third-order valence-electron chi connectivity index (χ3n) is 3.82. The van der Waals surface area contributed by atoms with Crippen LogP contribution in [0.25, 0.3) is 0 Å². The van der Waals surface area contributed by atoms with Crippen LogP contribution in [-0.2, 0) is 16.1 Å². The summed E-state index contributed by atoms with van der Waals surface area (Å²) in [4.78, 5) is 27.9. The van der Waals surface area contributed by atoms with Crippen molar-refractivity contribution in [2.45, 2.75) is 19.4 Å². The summed E-state index contributed by atoms with van der Waals surface area (Å²) in [5.41, 5.74) is 0.989. The minimum atomic E-state index is -0.0996. The highest BCUT2D eigenvalue weighted by Gasteiger charge is 2.19. The number of carbonyl (C=O) groups is 2. The van der Waals surface area contributed by atoms with Crippen LogP contribution in [0.3, 0.4) is 0 Å². The van der Waals surface area contributed by atoms with Gasteiger partial charge in [0, 0.05) is 50.6 Å². The van der Waals surface area contributed by atoms with Crippen molar-refractivity contribution in [3.8, 4) is 0 Å². The molecule has 0 aromatic heterocycles. The maximum atomic E-state index is 12.0. The molecule has 2 amide bonds. The van der Waals surface area contributed by atoms with E-state index in [4.69, 9.17) is 11.6 Å². The smallest absolute Gasteiger partial charge is 0.223 e. The number of nitrogens with one attached hydrogen (secondary N) is 1. The molecule has 1 N–H and O–H groups in total. The van der Waals surface area contributed by atoms with Gasteiger partial charge in [-0.15, -0.1) is 0 Å². The van der Waals surface area contributed by atoms with E-state index in [0.29, 0.717) is 11.6 Å². The number of likely N-dealkylation sites (N-methyl/N-ethyl adjacent to an activating group) is 1. The van der Waals surface area contributed by atoms with Crippen LogP contribution in [0.2, 0.25) is 5.02 Å². The fraction of sp³-hybridized carbons (Fsp3) is 0.500. The molecule has 0 spiro atoms. The largest absolute Gasteiger partial charge is 0.352 e. The fourth-order valence-electron chi connectivity index (χ4n) is 2.33. The van der Waals surface area contributed by atoms with Crippen molar-refractivity contribution in [3.05, 3.63) is 34.9 Å². The molecule has 1 fully saturated rings. The lowest BCUT2D eigenvalue weighted by Crippen LogP contribution is -2.47. The summed E-state index contributed by atoms with van der Waals surface area (Å²) in [5, 5.41) is 3.50. The average Bonchev–Trinajstić information content (AvgIpc) is 2.52. The van der Waals surface area contributed by atoms with Crippen LogP contribution in [0, 0.1) is 0 Å². The number of amides is 2. The van der Waals surface area contributed by atoms with Gasteiger partial charge in [-0.25, -0.2) is 0 Å². The molecule has 1 aromatic rings. The van der Waals surface area contributed by atoms with Crippen LogP contribution in [0.5, 0.6) is 0 Å². The van der Waals surface area contributed by atoms with Crippen molar-refractivity contribution in [2.24, 2.45) is 0 Å². The molecule has 5 nitrogen and oxygen atoms in total. The van der Waals surface area contributed by atoms with E-state index >= 15 is 0 Å². The Morgan fingerprint density at radius 2 is 1.73 bits per heavy atom. The number of rotatable bonds is 5. The Kier molecular flexibility index (Phi) is 6.21. The molecule has 120 valence electrons. The van der Waals surface area contributed by atoms with Gasteiger partial charge in [-0.3, -0.25) is 9.59 Å². The van der Waals surface area contributed by atoms with E-state index in [9.17, 15) is 9.59 Å². The zero-order chi connectivity index (χ0) is 15.9. The Bertz CT molecular complexity index is 511. The highest BCUT2D eigenvalue weighted by molar-refractivity contribution is 6.30. The van der Waals surface area contributed by atoms with Gasteiger partial charge in [-0.1, -0.05) is 23.7 Å². The van der Waals surface area contributed by atoms with Crippen molar-refractivity contribution in [3.63, 3.8) is 0 Å². The first-order valence-corrected chi connectivity index (χ1v) is 7.90. The quantitative estimate of drug-likeness (QED) is 0.893. The fourth-order valence-corrected chi connectivity index (χ4v) is 2.45. The molecule has 0 aliphatic carbocycles. The number of hydrogen-bond acceptors (Lipinski definition) is 3. The van der Waals surface area contributed by atoms with Gasteiger partial charge in [0.15, 0.2) is 0 Å². The van der Waals surface area contributed by atoms with E-state index in [0.717, 1.165) is 31.7 Å². The first-order valence-electron chi connectivity index (χ1n) is 7.52. The number of hydrogen-bond donors (Lipinski definition) is 1. The summed E-state index contributed by atoms with van der Waals surface area (Å²) < 4.78 is 0. The molecule has 1 aliphatic heterocycles. The second-order valence-electron chi connectivity index (χ2n) is 5.59. The molecule has 0 unspecified atom stereocenters. The summed E-state index contributed by atoms with van der Waals surface area (Å²) in [5.74, 6) is -0.0350. The molecule has 0 radical (unpaired) electrons. The van der Waals surface area contributed by atoms with Gasteiger partial charge in [0.1, 0.15) is 0 Å². The van der Waals surface area contributed by atoms with Gasteiger partial charge in [0.05, 0.1) is 0 Å². The Labute approximate surface area is 136 Å². The molecule has 1 aromatic carbocycles. The number of nitrogens with zero attached hydrogens (tertiary/aromatic N) is 2. The van der Waals surface area contributed by atoms with Crippen LogP contribution in [-0.4, -0.2) is 54.8 Å². The summed E-state index contributed by atoms with van der Waals surface area (Å²) in [6, 6.07) is 7.33. The van der Waals surface area contributed by atoms with E-state index in [2.05, 4.69) is 10.2 Å². The molecule has 0 bridgehead atoms. The zero-order valence-corrected chi connectivity index (χ0v) is 13.6. The summed E-state index contributed by atoms with van der Waals surface area (Å²) in [6.45, 7) is 3.76. The lowest BCUT2D eigenvalue weighted by molar-refractivity contribution is -0.135. The van der Waals surface area contributed by atoms with Crippen LogP contribution in [0.4, 0.5) is 0 Å². The Balaban J connectivity index is 1.66. The first-order chi connectivity index (χ1) is 10.5. The Morgan fingerprint density at radius 3 is 2.36 bits per heavy atom. The van der Waals surface area contributed by atoms with Gasteiger partial charge in [-0.2, -0.15) is 0 Å². The van der Waals surface area contributed by atoms with Crippen LogP contribution in [0.1, 0.15) is 18.4 Å². The minimum absolute atomic E-state index is 0.0646. The highest BCUT2D eigenvalue weighted by Crippen LogP contribution is 2.09. The van der Waals surface area contributed by atoms with Crippen LogP contribution >= 0.6 is 11.6 Å². The normalized spacial score (nSPS) is 15.6. The molecule has 6 heteroatoms. The Hall–Kier alpha value is -1.59. The third kappa shape index (κ3) is 5.31. The highest BCUT2D eigenvalue weighted by atomic mass is 35.5. The number of benzene rings is 1. The number of piperazine rings is 1. The van der Waals surface area contributed by atoms with Crippen LogP contribution in [0.15, 0.2) is 24.3 Å². The predicted octanol–water partition coefficient (Wildman–Crippen LogP) is 1.51. The van der Waals surface area contributed by atoms with Gasteiger partial charge < -0.3 is 15.1 Å². The lowest BCUT2D eigenvalue weighted by atomic mass is 10.2. The number of carbonyl (C=O) groups excluding carboxylic acids is 2. The molecule has 0 saturated carbocycles. The van der Waals surface area contributed by atoms with Crippen molar-refractivity contribution < 1.29 is 9.59 Å². The topological polar surface area (TPSA) is 52.7 Å². The Morgan fingerprint density at radius 1 is 1.09 bits per heavy atom. The van der Waals surface area contributed by atoms with Gasteiger partial charge >= 0.3 is 0 Å². The second-order valence-corrected chi connectivity index (χ2v) is 6.02. The van der Waals surface area contributed by atoms with Crippen molar-refractivity contribution in [1.29, 1.82) is 0 Å². The molecule has 22 heavy (non-hydrogen) atoms. The molecule has 2 rings (SSSR count). The van der Waals surface area contributed by atoms with E-state index in [-0.39, 0.29) is 24.7 Å². The van der Waals surface area contributed by atoms with Crippen molar-refractivity contribution in [2.75, 3.05) is 33.2 Å². The standard InChI is InChI=1S/C16H22ClN3O2/c1-19-8-10-20(11-9-19)16(22)7-6-15(21)18-12-13-2-4-14(17)5-3-13/h2-5H,6-12H2,1H3,(H,18,21). The van der Waals surface area contributed by atoms with E-state index in [1.807, 2.05) is 24.1 Å². The van der Waals surface area contributed by atoms with Crippen molar-refractivity contribution in [1.82, 2.24) is 15.1 Å². The lowest BCUT2D eigenvalue weighted by Gasteiger charge is -2.32. The maximum absolute atomic E-state index is 12.0. The molecule has 1 saturated heterocycles. The van der Waals surface area contributed by atoms with E-state index in [1.165, 1.54) is 0 Å². The molecular weight excluding hydrogens is 302 g/mol. The van der Waals surface area contributed by atoms with Crippen molar-refractivity contribution >= 4 is 23.4 Å². The third-order valence-corrected chi connectivity index (χ3v) is 4.08. The molecule has 1 aliphatic rings. The van der Waals surface area contributed by atoms with Gasteiger partial charge in [0.2, 0.25) is 11.8 Å². The van der Waals surface area contributed by atoms with Crippen LogP contribution < -0.4 is 5.32 Å². The monoisotopic (exact) mass is 323 g/mol. The predicted molar refractivity (Wildman–Crippen MR) is 86.6 cm³/mol.